The van der Waals surface area contributed by atoms with E-state index in [-0.39, 0.29) is 38.5 Å². The van der Waals surface area contributed by atoms with Crippen LogP contribution in [0.4, 0.5) is 13.2 Å². The van der Waals surface area contributed by atoms with Gasteiger partial charge >= 0.3 is 24.1 Å². The van der Waals surface area contributed by atoms with Gasteiger partial charge in [0.1, 0.15) is 0 Å². The van der Waals surface area contributed by atoms with Crippen LogP contribution in [-0.4, -0.2) is 139 Å². The molecule has 0 radical (unpaired) electrons. The molecule has 0 aliphatic rings. The highest BCUT2D eigenvalue weighted by molar-refractivity contribution is 5.67. The SMILES string of the molecule is CCCCC[C@@H](O)[C@@H](O)/C=C/C=C/C=C\C=C\C(C)(O)CCCC(=O)O.C[C@@](O)(/C=C/C=C\C=C\C=C\[C@@H](O)[C@H](O)CCCCC(F)(F)F)CCCC(=O)O.O=C(O)CCC[C@H](O)/C=C/C=C\C=C\C=C\[C@H](O)[C@H](O)CCc1ccccc1. The van der Waals surface area contributed by atoms with Crippen LogP contribution in [0.1, 0.15) is 142 Å². The van der Waals surface area contributed by atoms with Crippen LogP contribution in [0.2, 0.25) is 0 Å². The van der Waals surface area contributed by atoms with Crippen molar-refractivity contribution in [2.24, 2.45) is 0 Å². The lowest BCUT2D eigenvalue weighted by atomic mass is 9.98. The second-order valence-corrected chi connectivity index (χ2v) is 20.2. The summed E-state index contributed by atoms with van der Waals surface area (Å²) in [6.45, 7) is 5.33. The molecule has 1 aromatic carbocycles. The minimum absolute atomic E-state index is 0.00298. The Kier molecular flexibility index (Phi) is 47.0. The van der Waals surface area contributed by atoms with E-state index < -0.39 is 84.4 Å². The fraction of sp³-hybridized carbons (Fsp3) is 0.492. The van der Waals surface area contributed by atoms with Crippen LogP contribution in [0, 0.1) is 0 Å². The fourth-order valence-corrected chi connectivity index (χ4v) is 7.08. The Labute approximate surface area is 489 Å². The summed E-state index contributed by atoms with van der Waals surface area (Å²) in [5.74, 6) is -2.62. The molecule has 1 rings (SSSR count). The third-order valence-electron chi connectivity index (χ3n) is 11.9. The molecule has 0 heterocycles. The van der Waals surface area contributed by atoms with Gasteiger partial charge in [0.25, 0.3) is 0 Å². The zero-order valence-electron chi connectivity index (χ0n) is 48.4. The normalized spacial score (nSPS) is 16.9. The molecule has 83 heavy (non-hydrogen) atoms. The first-order chi connectivity index (χ1) is 39.2. The Hall–Kier alpha value is -6.06. The van der Waals surface area contributed by atoms with Gasteiger partial charge in [0.2, 0.25) is 0 Å². The number of hydrogen-bond donors (Lipinski definition) is 12. The van der Waals surface area contributed by atoms with E-state index >= 15 is 0 Å². The van der Waals surface area contributed by atoms with Crippen LogP contribution >= 0.6 is 0 Å². The Morgan fingerprint density at radius 3 is 1.17 bits per heavy atom. The molecule has 1 unspecified atom stereocenters. The molecule has 0 bridgehead atoms. The summed E-state index contributed by atoms with van der Waals surface area (Å²) in [4.78, 5) is 31.3. The van der Waals surface area contributed by atoms with Crippen LogP contribution in [0.25, 0.3) is 0 Å². The summed E-state index contributed by atoms with van der Waals surface area (Å²) >= 11 is 0. The van der Waals surface area contributed by atoms with Crippen molar-refractivity contribution in [3.05, 3.63) is 182 Å². The van der Waals surface area contributed by atoms with Gasteiger partial charge in [0.15, 0.2) is 0 Å². The number of benzene rings is 1. The van der Waals surface area contributed by atoms with Crippen LogP contribution in [-0.2, 0) is 20.8 Å². The number of carboxylic acid groups (broad SMARTS) is 3. The Morgan fingerprint density at radius 2 is 0.783 bits per heavy atom. The molecule has 9 atom stereocenters. The molecule has 0 aromatic heterocycles. The first kappa shape index (κ1) is 79.0. The molecule has 466 valence electrons. The predicted octanol–water partition coefficient (Wildman–Crippen LogP) is 10.8. The number of halogens is 3. The van der Waals surface area contributed by atoms with Gasteiger partial charge in [-0.2, -0.15) is 13.2 Å². The number of allylic oxidation sites excluding steroid dienone is 18. The molecule has 0 aliphatic carbocycles. The lowest BCUT2D eigenvalue weighted by Crippen LogP contribution is -2.24. The number of aryl methyl sites for hydroxylation is 1. The lowest BCUT2D eigenvalue weighted by Gasteiger charge is -2.17. The molecule has 1 aromatic rings. The highest BCUT2D eigenvalue weighted by Crippen LogP contribution is 2.23. The van der Waals surface area contributed by atoms with Gasteiger partial charge in [0.05, 0.1) is 53.9 Å². The fourth-order valence-electron chi connectivity index (χ4n) is 7.08. The molecule has 18 heteroatoms. The Bertz CT molecular complexity index is 2220. The highest BCUT2D eigenvalue weighted by atomic mass is 19.4. The van der Waals surface area contributed by atoms with Crippen molar-refractivity contribution in [2.45, 2.75) is 203 Å². The number of alkyl halides is 3. The monoisotopic (exact) mass is 1170 g/mol. The maximum atomic E-state index is 12.0. The minimum Gasteiger partial charge on any atom is -0.481 e. The number of hydrogen-bond acceptors (Lipinski definition) is 12. The smallest absolute Gasteiger partial charge is 0.389 e. The minimum atomic E-state index is -4.20. The van der Waals surface area contributed by atoms with E-state index in [0.717, 1.165) is 24.8 Å². The number of aliphatic hydroxyl groups excluding tert-OH is 7. The van der Waals surface area contributed by atoms with E-state index in [9.17, 15) is 73.5 Å². The van der Waals surface area contributed by atoms with Gasteiger partial charge in [-0.1, -0.05) is 209 Å². The molecular weight excluding hydrogens is 1080 g/mol. The number of aliphatic carboxylic acids is 3. The third-order valence-corrected chi connectivity index (χ3v) is 11.9. The quantitative estimate of drug-likeness (QED) is 0.0214. The number of rotatable bonds is 41. The maximum absolute atomic E-state index is 12.0. The van der Waals surface area contributed by atoms with Crippen LogP contribution in [0.15, 0.2) is 176 Å². The Morgan fingerprint density at radius 1 is 0.434 bits per heavy atom. The standard InChI is InChI=1S/C23H30O5.C21H31F3O5.C21H34O5/c24-20(14-10-16-23(27)28)13-8-3-1-2-4-9-15-21(25)22(26)18-17-19-11-6-5-7-12-19;1-20(29,15-10-13-19(27)28)14-8-5-3-2-4-6-11-17(25)18(26)12-7-9-16-21(22,23)24;1-3-4-9-13-18(22)19(23)14-10-7-5-6-8-11-16-21(2,26)17-12-15-20(24)25/h1-9,11-13,15,20-22,24-26H,10,14,16-18H2,(H,27,28);2-6,8,11,14,17-18,25-26,29H,7,9-10,12-13,15-16H2,1H3,(H,27,28);5-8,10-11,14,16,18-19,22-23,26H,3-4,9,12-13,15,17H2,1-2H3,(H,24,25)/b3-1-,4-2+,13-8+,15-9+;4-2+,5-3-,11-6+,14-8+;7-5+,8-6-,14-10+,16-11+/t20-,21+,22-;17-,18-,20-;18-,19+,21?/m111/s1. The van der Waals surface area contributed by atoms with Gasteiger partial charge in [-0.25, -0.2) is 0 Å². The van der Waals surface area contributed by atoms with Crippen molar-refractivity contribution in [2.75, 3.05) is 0 Å². The zero-order valence-corrected chi connectivity index (χ0v) is 48.4. The topological polar surface area (TPSA) is 294 Å². The maximum Gasteiger partial charge on any atom is 0.389 e. The second kappa shape index (κ2) is 49.4. The molecule has 0 saturated heterocycles. The highest BCUT2D eigenvalue weighted by Gasteiger charge is 2.26. The molecule has 0 amide bonds. The lowest BCUT2D eigenvalue weighted by molar-refractivity contribution is -0.138. The van der Waals surface area contributed by atoms with Crippen molar-refractivity contribution in [3.63, 3.8) is 0 Å². The zero-order chi connectivity index (χ0) is 62.8. The van der Waals surface area contributed by atoms with E-state index in [4.69, 9.17) is 15.3 Å². The second-order valence-electron chi connectivity index (χ2n) is 20.2. The summed E-state index contributed by atoms with van der Waals surface area (Å²) in [7, 11) is 0. The van der Waals surface area contributed by atoms with Crippen molar-refractivity contribution < 1.29 is 88.8 Å². The summed E-state index contributed by atoms with van der Waals surface area (Å²) in [5.41, 5.74) is -0.992. The van der Waals surface area contributed by atoms with Crippen molar-refractivity contribution in [3.8, 4) is 0 Å². The van der Waals surface area contributed by atoms with Crippen LogP contribution in [0.5, 0.6) is 0 Å². The molecular formula is C65H95F3O15. The van der Waals surface area contributed by atoms with Gasteiger partial charge in [-0.15, -0.1) is 0 Å². The average molecular weight is 1170 g/mol. The summed E-state index contributed by atoms with van der Waals surface area (Å²) in [6.07, 6.45) is 36.0. The summed E-state index contributed by atoms with van der Waals surface area (Å²) in [6, 6.07) is 9.83. The predicted molar refractivity (Wildman–Crippen MR) is 321 cm³/mol. The summed E-state index contributed by atoms with van der Waals surface area (Å²) in [5, 5.41) is 114. The molecule has 0 saturated carbocycles. The van der Waals surface area contributed by atoms with E-state index in [2.05, 4.69) is 6.92 Å². The first-order valence-electron chi connectivity index (χ1n) is 28.2. The number of unbranched alkanes of at least 4 members (excludes halogenated alkanes) is 3. The molecule has 15 nitrogen and oxygen atoms in total. The van der Waals surface area contributed by atoms with Gasteiger partial charge < -0.3 is 61.3 Å². The largest absolute Gasteiger partial charge is 0.481 e. The molecule has 0 fully saturated rings. The number of carboxylic acids is 3. The van der Waals surface area contributed by atoms with E-state index in [1.54, 1.807) is 148 Å². The van der Waals surface area contributed by atoms with E-state index in [0.29, 0.717) is 57.8 Å². The number of carbonyl (C=O) groups is 3. The van der Waals surface area contributed by atoms with Crippen molar-refractivity contribution in [1.82, 2.24) is 0 Å². The van der Waals surface area contributed by atoms with Crippen molar-refractivity contribution in [1.29, 1.82) is 0 Å². The van der Waals surface area contributed by atoms with Crippen LogP contribution in [0.3, 0.4) is 0 Å². The summed E-state index contributed by atoms with van der Waals surface area (Å²) < 4.78 is 36.1. The van der Waals surface area contributed by atoms with Gasteiger partial charge in [0, 0.05) is 25.7 Å². The van der Waals surface area contributed by atoms with E-state index in [1.807, 2.05) is 30.3 Å². The number of aliphatic hydroxyl groups is 9. The van der Waals surface area contributed by atoms with Gasteiger partial charge in [-0.05, 0) is 90.0 Å². The van der Waals surface area contributed by atoms with Crippen LogP contribution < -0.4 is 0 Å². The molecule has 12 N–H and O–H groups in total. The molecule has 0 spiro atoms. The third kappa shape index (κ3) is 54.9. The molecule has 0 aliphatic heterocycles. The Balaban J connectivity index is 0. The first-order valence-corrected chi connectivity index (χ1v) is 28.2. The van der Waals surface area contributed by atoms with E-state index in [1.165, 1.54) is 12.2 Å². The van der Waals surface area contributed by atoms with Gasteiger partial charge in [-0.3, -0.25) is 14.4 Å². The van der Waals surface area contributed by atoms with Crippen molar-refractivity contribution >= 4 is 17.9 Å². The average Bonchev–Trinajstić information content (AvgIpc) is 3.41.